The average molecular weight is 452 g/mol. The molecule has 166 valence electrons. The standard InChI is InChI=1S/C22H25N7O2S/c1-25-10-15(9-23)8-19-27-22-20(32-19)17(18(13-30)29(22)3)11-26-28(2)12-14-5-4-6-16(7-14)21(24)31/h4-7,9-11,13,23,25H,8,12H2,1-3H3,(H2,24,31)/b15-10-,23-9?,26-11-. The predicted octanol–water partition coefficient (Wildman–Crippen LogP) is 2.31. The van der Waals surface area contributed by atoms with Crippen LogP contribution in [-0.4, -0.2) is 53.3 Å². The molecule has 2 aromatic heterocycles. The van der Waals surface area contributed by atoms with Crippen LogP contribution in [-0.2, 0) is 20.0 Å². The minimum absolute atomic E-state index is 0.446. The lowest BCUT2D eigenvalue weighted by atomic mass is 10.1. The van der Waals surface area contributed by atoms with Crippen molar-refractivity contribution in [2.45, 2.75) is 13.0 Å². The van der Waals surface area contributed by atoms with Gasteiger partial charge in [-0.3, -0.25) is 14.6 Å². The predicted molar refractivity (Wildman–Crippen MR) is 128 cm³/mol. The van der Waals surface area contributed by atoms with Crippen LogP contribution in [0, 0.1) is 5.41 Å². The fourth-order valence-corrected chi connectivity index (χ4v) is 4.45. The number of fused-ring (bicyclic) bond motifs is 1. The van der Waals surface area contributed by atoms with Crippen molar-refractivity contribution in [2.75, 3.05) is 14.1 Å². The minimum Gasteiger partial charge on any atom is -0.394 e. The van der Waals surface area contributed by atoms with Gasteiger partial charge in [0.1, 0.15) is 5.01 Å². The van der Waals surface area contributed by atoms with Crippen molar-refractivity contribution in [1.82, 2.24) is 19.9 Å². The SMILES string of the molecule is CN/C=C(\C=N)Cc1nc2c(s1)c(/C=N\N(C)Cc1cccc(C(N)=O)c1)c(C=O)n2C. The molecule has 1 amide bonds. The number of nitrogens with two attached hydrogens (primary N) is 1. The molecule has 2 heterocycles. The summed E-state index contributed by atoms with van der Waals surface area (Å²) in [6, 6.07) is 7.08. The summed E-state index contributed by atoms with van der Waals surface area (Å²) in [5.74, 6) is -0.475. The third kappa shape index (κ3) is 4.92. The molecule has 1 aromatic carbocycles. The Bertz CT molecular complexity index is 1220. The fourth-order valence-electron chi connectivity index (χ4n) is 3.30. The second-order valence-electron chi connectivity index (χ2n) is 7.19. The Hall–Kier alpha value is -3.79. The van der Waals surface area contributed by atoms with Crippen molar-refractivity contribution >= 4 is 46.3 Å². The monoisotopic (exact) mass is 451 g/mol. The number of aryl methyl sites for hydroxylation is 1. The maximum Gasteiger partial charge on any atom is 0.248 e. The van der Waals surface area contributed by atoms with E-state index in [0.29, 0.717) is 35.4 Å². The molecule has 4 N–H and O–H groups in total. The molecule has 0 unspecified atom stereocenters. The molecule has 0 aliphatic rings. The molecular formula is C22H25N7O2S. The number of carbonyl (C=O) groups is 2. The first-order valence-electron chi connectivity index (χ1n) is 9.81. The third-order valence-corrected chi connectivity index (χ3v) is 5.92. The Labute approximate surface area is 189 Å². The zero-order chi connectivity index (χ0) is 23.3. The van der Waals surface area contributed by atoms with E-state index in [1.807, 2.05) is 13.1 Å². The Morgan fingerprint density at radius 2 is 2.22 bits per heavy atom. The highest BCUT2D eigenvalue weighted by atomic mass is 32.1. The van der Waals surface area contributed by atoms with Crippen molar-refractivity contribution in [3.05, 3.63) is 63.4 Å². The van der Waals surface area contributed by atoms with Crippen molar-refractivity contribution in [2.24, 2.45) is 17.9 Å². The second-order valence-corrected chi connectivity index (χ2v) is 8.27. The maximum atomic E-state index is 11.7. The fraction of sp³-hybridized carbons (Fsp3) is 0.227. The Balaban J connectivity index is 1.88. The van der Waals surface area contributed by atoms with Crippen LogP contribution in [0.4, 0.5) is 0 Å². The number of aromatic nitrogens is 2. The molecule has 9 nitrogen and oxygen atoms in total. The lowest BCUT2D eigenvalue weighted by molar-refractivity contribution is 0.0999. The highest BCUT2D eigenvalue weighted by Crippen LogP contribution is 2.30. The summed E-state index contributed by atoms with van der Waals surface area (Å²) >= 11 is 1.48. The lowest BCUT2D eigenvalue weighted by Gasteiger charge is -2.13. The quantitative estimate of drug-likeness (QED) is 0.247. The smallest absolute Gasteiger partial charge is 0.248 e. The molecular weight excluding hydrogens is 426 g/mol. The van der Waals surface area contributed by atoms with Gasteiger partial charge in [0.25, 0.3) is 0 Å². The van der Waals surface area contributed by atoms with Gasteiger partial charge in [0, 0.05) is 51.1 Å². The van der Waals surface area contributed by atoms with Crippen LogP contribution in [0.3, 0.4) is 0 Å². The summed E-state index contributed by atoms with van der Waals surface area (Å²) < 4.78 is 2.62. The van der Waals surface area contributed by atoms with Crippen LogP contribution in [0.15, 0.2) is 41.1 Å². The van der Waals surface area contributed by atoms with E-state index in [9.17, 15) is 9.59 Å². The van der Waals surface area contributed by atoms with Gasteiger partial charge in [-0.25, -0.2) is 4.98 Å². The summed E-state index contributed by atoms with van der Waals surface area (Å²) in [5.41, 5.74) is 9.40. The number of allylic oxidation sites excluding steroid dienone is 1. The molecule has 3 aromatic rings. The number of nitrogens with zero attached hydrogens (tertiary/aromatic N) is 4. The number of benzene rings is 1. The number of rotatable bonds is 10. The molecule has 0 fully saturated rings. The summed E-state index contributed by atoms with van der Waals surface area (Å²) in [6.45, 7) is 0.468. The van der Waals surface area contributed by atoms with E-state index in [4.69, 9.17) is 11.1 Å². The molecule has 10 heteroatoms. The molecule has 3 rings (SSSR count). The van der Waals surface area contributed by atoms with Gasteiger partial charge in [-0.2, -0.15) is 5.10 Å². The first-order chi connectivity index (χ1) is 15.4. The highest BCUT2D eigenvalue weighted by molar-refractivity contribution is 7.19. The largest absolute Gasteiger partial charge is 0.394 e. The lowest BCUT2D eigenvalue weighted by Crippen LogP contribution is -2.14. The molecule has 0 aliphatic carbocycles. The molecule has 0 bridgehead atoms. The minimum atomic E-state index is -0.475. The average Bonchev–Trinajstić information content (AvgIpc) is 3.29. The van der Waals surface area contributed by atoms with Gasteiger partial charge >= 0.3 is 0 Å². The van der Waals surface area contributed by atoms with E-state index >= 15 is 0 Å². The summed E-state index contributed by atoms with van der Waals surface area (Å²) in [7, 11) is 5.39. The first kappa shape index (κ1) is 22.9. The molecule has 0 aliphatic heterocycles. The highest BCUT2D eigenvalue weighted by Gasteiger charge is 2.18. The van der Waals surface area contributed by atoms with E-state index in [1.165, 1.54) is 17.6 Å². The number of hydrogen-bond acceptors (Lipinski definition) is 8. The molecule has 0 atom stereocenters. The number of amides is 1. The van der Waals surface area contributed by atoms with Gasteiger partial charge in [-0.1, -0.05) is 12.1 Å². The van der Waals surface area contributed by atoms with Crippen molar-refractivity contribution in [3.8, 4) is 0 Å². The molecule has 32 heavy (non-hydrogen) atoms. The molecule has 0 saturated heterocycles. The van der Waals surface area contributed by atoms with E-state index in [0.717, 1.165) is 27.1 Å². The summed E-state index contributed by atoms with van der Waals surface area (Å²) in [5, 5.41) is 17.5. The van der Waals surface area contributed by atoms with Crippen molar-refractivity contribution < 1.29 is 9.59 Å². The summed E-state index contributed by atoms with van der Waals surface area (Å²) in [6.07, 6.45) is 6.04. The number of nitrogens with one attached hydrogen (secondary N) is 2. The second kappa shape index (κ2) is 10.0. The summed E-state index contributed by atoms with van der Waals surface area (Å²) in [4.78, 5) is 27.8. The van der Waals surface area contributed by atoms with Gasteiger partial charge in [-0.05, 0) is 23.3 Å². The van der Waals surface area contributed by atoms with Crippen LogP contribution in [0.1, 0.15) is 37.0 Å². The first-order valence-corrected chi connectivity index (χ1v) is 10.6. The van der Waals surface area contributed by atoms with Crippen LogP contribution >= 0.6 is 11.3 Å². The zero-order valence-corrected chi connectivity index (χ0v) is 18.9. The van der Waals surface area contributed by atoms with Crippen LogP contribution in [0.25, 0.3) is 10.3 Å². The number of aldehydes is 1. The number of primary amides is 1. The van der Waals surface area contributed by atoms with Crippen molar-refractivity contribution in [1.29, 1.82) is 5.41 Å². The van der Waals surface area contributed by atoms with Crippen LogP contribution in [0.5, 0.6) is 0 Å². The van der Waals surface area contributed by atoms with Gasteiger partial charge < -0.3 is 21.0 Å². The Morgan fingerprint density at radius 1 is 1.44 bits per heavy atom. The number of thiazole rings is 1. The Kier molecular flexibility index (Phi) is 7.16. The Morgan fingerprint density at radius 3 is 2.88 bits per heavy atom. The third-order valence-electron chi connectivity index (χ3n) is 4.84. The van der Waals surface area contributed by atoms with E-state index in [2.05, 4.69) is 15.4 Å². The van der Waals surface area contributed by atoms with Gasteiger partial charge in [0.2, 0.25) is 5.91 Å². The molecule has 0 spiro atoms. The van der Waals surface area contributed by atoms with E-state index < -0.39 is 5.91 Å². The van der Waals surface area contributed by atoms with E-state index in [-0.39, 0.29) is 0 Å². The molecule has 0 radical (unpaired) electrons. The maximum absolute atomic E-state index is 11.7. The van der Waals surface area contributed by atoms with Crippen molar-refractivity contribution in [3.63, 3.8) is 0 Å². The zero-order valence-electron chi connectivity index (χ0n) is 18.1. The topological polar surface area (TPSA) is 129 Å². The van der Waals surface area contributed by atoms with Gasteiger partial charge in [-0.15, -0.1) is 11.3 Å². The van der Waals surface area contributed by atoms with E-state index in [1.54, 1.807) is 54.3 Å². The number of hydrogen-bond donors (Lipinski definition) is 3. The number of hydrazone groups is 1. The van der Waals surface area contributed by atoms with Gasteiger partial charge in [0.15, 0.2) is 11.9 Å². The van der Waals surface area contributed by atoms with Crippen LogP contribution < -0.4 is 11.1 Å². The number of carbonyl (C=O) groups excluding carboxylic acids is 2. The molecule has 0 saturated carbocycles. The van der Waals surface area contributed by atoms with Gasteiger partial charge in [0.05, 0.1) is 23.2 Å². The normalized spacial score (nSPS) is 11.8. The van der Waals surface area contributed by atoms with Crippen LogP contribution in [0.2, 0.25) is 0 Å².